The van der Waals surface area contributed by atoms with Crippen molar-refractivity contribution in [3.63, 3.8) is 0 Å². The lowest BCUT2D eigenvalue weighted by molar-refractivity contribution is -0.122. The number of carbonyl (C=O) groups excluding carboxylic acids is 1. The van der Waals surface area contributed by atoms with Gasteiger partial charge in [-0.05, 0) is 42.9 Å². The van der Waals surface area contributed by atoms with Gasteiger partial charge in [-0.2, -0.15) is 0 Å². The minimum Gasteiger partial charge on any atom is -0.494 e. The van der Waals surface area contributed by atoms with E-state index in [0.717, 1.165) is 25.0 Å². The van der Waals surface area contributed by atoms with Crippen molar-refractivity contribution in [3.8, 4) is 5.75 Å². The van der Waals surface area contributed by atoms with Crippen molar-refractivity contribution in [2.75, 3.05) is 6.61 Å². The van der Waals surface area contributed by atoms with Crippen LogP contribution in [0.5, 0.6) is 5.75 Å². The highest BCUT2D eigenvalue weighted by Gasteiger charge is 2.15. The highest BCUT2D eigenvalue weighted by molar-refractivity contribution is 5.76. The van der Waals surface area contributed by atoms with E-state index in [9.17, 15) is 4.79 Å². The Kier molecular flexibility index (Phi) is 6.75. The number of carbonyl (C=O) groups is 1. The fourth-order valence-corrected chi connectivity index (χ4v) is 2.92. The predicted molar refractivity (Wildman–Crippen MR) is 90.3 cm³/mol. The summed E-state index contributed by atoms with van der Waals surface area (Å²) >= 11 is 0. The van der Waals surface area contributed by atoms with Crippen molar-refractivity contribution < 1.29 is 9.53 Å². The first-order chi connectivity index (χ1) is 10.6. The first-order valence-electron chi connectivity index (χ1n) is 8.67. The van der Waals surface area contributed by atoms with E-state index in [1.165, 1.54) is 24.8 Å². The van der Waals surface area contributed by atoms with Crippen LogP contribution in [0.2, 0.25) is 0 Å². The summed E-state index contributed by atoms with van der Waals surface area (Å²) in [6.45, 7) is 4.96. The van der Waals surface area contributed by atoms with Crippen LogP contribution in [0, 0.1) is 0 Å². The molecule has 2 rings (SSSR count). The molecule has 1 aliphatic carbocycles. The maximum atomic E-state index is 11.9. The molecular formula is C19H29NO2. The second kappa shape index (κ2) is 8.82. The number of hydrogen-bond donors (Lipinski definition) is 1. The predicted octanol–water partition coefficient (Wildman–Crippen LogP) is 4.42. The van der Waals surface area contributed by atoms with Gasteiger partial charge in [0.2, 0.25) is 5.91 Å². The third-order valence-corrected chi connectivity index (χ3v) is 4.33. The fraction of sp³-hybridized carbons (Fsp3) is 0.632. The van der Waals surface area contributed by atoms with Crippen molar-refractivity contribution in [3.05, 3.63) is 29.8 Å². The minimum atomic E-state index is 0.172. The lowest BCUT2D eigenvalue weighted by Crippen LogP contribution is -2.36. The molecule has 0 unspecified atom stereocenters. The molecule has 1 N–H and O–H groups in total. The van der Waals surface area contributed by atoms with Gasteiger partial charge in [0.15, 0.2) is 0 Å². The zero-order valence-electron chi connectivity index (χ0n) is 13.9. The molecule has 1 aliphatic rings. The summed E-state index contributed by atoms with van der Waals surface area (Å²) in [7, 11) is 0. The number of hydrogen-bond acceptors (Lipinski definition) is 2. The first-order valence-corrected chi connectivity index (χ1v) is 8.67. The van der Waals surface area contributed by atoms with Crippen molar-refractivity contribution in [2.45, 2.75) is 70.8 Å². The Hall–Kier alpha value is -1.51. The van der Waals surface area contributed by atoms with Crippen molar-refractivity contribution in [1.29, 1.82) is 0 Å². The highest BCUT2D eigenvalue weighted by atomic mass is 16.5. The lowest BCUT2D eigenvalue weighted by atomic mass is 9.95. The molecule has 0 saturated heterocycles. The summed E-state index contributed by atoms with van der Waals surface area (Å²) in [5.74, 6) is 1.60. The number of amides is 1. The van der Waals surface area contributed by atoms with E-state index in [-0.39, 0.29) is 5.91 Å². The highest BCUT2D eigenvalue weighted by Crippen LogP contribution is 2.19. The molecule has 0 heterocycles. The van der Waals surface area contributed by atoms with Crippen molar-refractivity contribution in [1.82, 2.24) is 5.32 Å². The van der Waals surface area contributed by atoms with E-state index in [2.05, 4.69) is 31.3 Å². The van der Waals surface area contributed by atoms with Gasteiger partial charge in [0.1, 0.15) is 5.75 Å². The zero-order valence-corrected chi connectivity index (χ0v) is 13.9. The van der Waals surface area contributed by atoms with E-state index in [4.69, 9.17) is 4.74 Å². The van der Waals surface area contributed by atoms with Crippen LogP contribution in [0.1, 0.15) is 70.3 Å². The van der Waals surface area contributed by atoms with Crippen LogP contribution in [0.4, 0.5) is 0 Å². The third-order valence-electron chi connectivity index (χ3n) is 4.33. The molecule has 122 valence electrons. The Bertz CT molecular complexity index is 447. The summed E-state index contributed by atoms with van der Waals surface area (Å²) in [4.78, 5) is 11.9. The fourth-order valence-electron chi connectivity index (χ4n) is 2.92. The molecule has 1 aromatic rings. The SMILES string of the molecule is CC(C)c1ccc(OCCCC(=O)NC2CCCCC2)cc1. The first kappa shape index (κ1) is 16.9. The molecule has 3 heteroatoms. The van der Waals surface area contributed by atoms with Gasteiger partial charge in [-0.1, -0.05) is 45.2 Å². The van der Waals surface area contributed by atoms with Crippen molar-refractivity contribution >= 4 is 5.91 Å². The van der Waals surface area contributed by atoms with E-state index < -0.39 is 0 Å². The Balaban J connectivity index is 1.60. The Labute approximate surface area is 134 Å². The third kappa shape index (κ3) is 5.70. The maximum Gasteiger partial charge on any atom is 0.220 e. The van der Waals surface area contributed by atoms with E-state index in [0.29, 0.717) is 25.0 Å². The van der Waals surface area contributed by atoms with E-state index in [1.54, 1.807) is 0 Å². The van der Waals surface area contributed by atoms with E-state index >= 15 is 0 Å². The van der Waals surface area contributed by atoms with E-state index in [1.807, 2.05) is 12.1 Å². The van der Waals surface area contributed by atoms with Crippen LogP contribution in [0.25, 0.3) is 0 Å². The average Bonchev–Trinajstić information content (AvgIpc) is 2.53. The quantitative estimate of drug-likeness (QED) is 0.757. The monoisotopic (exact) mass is 303 g/mol. The van der Waals surface area contributed by atoms with Crippen molar-refractivity contribution in [2.24, 2.45) is 0 Å². The van der Waals surface area contributed by atoms with Crippen LogP contribution >= 0.6 is 0 Å². The molecule has 1 amide bonds. The summed E-state index contributed by atoms with van der Waals surface area (Å²) < 4.78 is 5.70. The van der Waals surface area contributed by atoms with Gasteiger partial charge in [-0.25, -0.2) is 0 Å². The second-order valence-electron chi connectivity index (χ2n) is 6.58. The summed E-state index contributed by atoms with van der Waals surface area (Å²) in [6.07, 6.45) is 7.43. The smallest absolute Gasteiger partial charge is 0.220 e. The van der Waals surface area contributed by atoms with Crippen LogP contribution in [-0.4, -0.2) is 18.6 Å². The minimum absolute atomic E-state index is 0.172. The van der Waals surface area contributed by atoms with Gasteiger partial charge in [-0.15, -0.1) is 0 Å². The molecule has 1 fully saturated rings. The van der Waals surface area contributed by atoms with Crippen LogP contribution < -0.4 is 10.1 Å². The summed E-state index contributed by atoms with van der Waals surface area (Å²) in [5.41, 5.74) is 1.32. The van der Waals surface area contributed by atoms with Crippen LogP contribution in [-0.2, 0) is 4.79 Å². The average molecular weight is 303 g/mol. The normalized spacial score (nSPS) is 15.8. The summed E-state index contributed by atoms with van der Waals surface area (Å²) in [6, 6.07) is 8.64. The molecular weight excluding hydrogens is 274 g/mol. The number of rotatable bonds is 7. The molecule has 0 radical (unpaired) electrons. The van der Waals surface area contributed by atoms with Gasteiger partial charge in [0.05, 0.1) is 6.61 Å². The summed E-state index contributed by atoms with van der Waals surface area (Å²) in [5, 5.41) is 3.14. The van der Waals surface area contributed by atoms with Gasteiger partial charge in [0.25, 0.3) is 0 Å². The molecule has 1 saturated carbocycles. The lowest BCUT2D eigenvalue weighted by Gasteiger charge is -2.22. The largest absolute Gasteiger partial charge is 0.494 e. The van der Waals surface area contributed by atoms with Gasteiger partial charge < -0.3 is 10.1 Å². The zero-order chi connectivity index (χ0) is 15.8. The molecule has 22 heavy (non-hydrogen) atoms. The number of benzene rings is 1. The Morgan fingerprint density at radius 1 is 1.18 bits per heavy atom. The standard InChI is InChI=1S/C19H29NO2/c1-15(2)16-10-12-18(13-11-16)22-14-6-9-19(21)20-17-7-4-3-5-8-17/h10-13,15,17H,3-9,14H2,1-2H3,(H,20,21). The molecule has 0 aliphatic heterocycles. The second-order valence-corrected chi connectivity index (χ2v) is 6.58. The van der Waals surface area contributed by atoms with Crippen LogP contribution in [0.3, 0.4) is 0 Å². The molecule has 0 spiro atoms. The maximum absolute atomic E-state index is 11.9. The molecule has 0 bridgehead atoms. The molecule has 0 atom stereocenters. The molecule has 3 nitrogen and oxygen atoms in total. The molecule has 1 aromatic carbocycles. The topological polar surface area (TPSA) is 38.3 Å². The number of ether oxygens (including phenoxy) is 1. The number of nitrogens with one attached hydrogen (secondary N) is 1. The Morgan fingerprint density at radius 3 is 2.50 bits per heavy atom. The van der Waals surface area contributed by atoms with Gasteiger partial charge in [0, 0.05) is 12.5 Å². The van der Waals surface area contributed by atoms with Gasteiger partial charge >= 0.3 is 0 Å². The van der Waals surface area contributed by atoms with Gasteiger partial charge in [-0.3, -0.25) is 4.79 Å². The molecule has 0 aromatic heterocycles. The van der Waals surface area contributed by atoms with Crippen LogP contribution in [0.15, 0.2) is 24.3 Å². The Morgan fingerprint density at radius 2 is 1.86 bits per heavy atom.